The van der Waals surface area contributed by atoms with Crippen molar-refractivity contribution >= 4 is 35.1 Å². The van der Waals surface area contributed by atoms with Crippen LogP contribution in [0, 0.1) is 6.92 Å². The fourth-order valence-corrected chi connectivity index (χ4v) is 2.36. The summed E-state index contributed by atoms with van der Waals surface area (Å²) in [6.45, 7) is 1.72. The second-order valence-corrected chi connectivity index (χ2v) is 5.13. The number of fused-ring (bicyclic) bond motifs is 1. The number of hydrogen-bond donors (Lipinski definition) is 2. The molecule has 0 fully saturated rings. The summed E-state index contributed by atoms with van der Waals surface area (Å²) in [7, 11) is 0. The van der Waals surface area contributed by atoms with Gasteiger partial charge < -0.3 is 5.32 Å². The van der Waals surface area contributed by atoms with Crippen LogP contribution >= 0.6 is 11.6 Å². The molecule has 3 rings (SSSR count). The number of aryl methyl sites for hydroxylation is 1. The Morgan fingerprint density at radius 1 is 1.52 bits per heavy atom. The normalized spacial score (nSPS) is 16.5. The van der Waals surface area contributed by atoms with Gasteiger partial charge in [-0.05, 0) is 25.1 Å². The number of hydrogen-bond acceptors (Lipinski definition) is 4. The molecule has 1 atom stereocenters. The van der Waals surface area contributed by atoms with Crippen molar-refractivity contribution in [2.75, 3.05) is 10.6 Å². The number of benzene rings is 1. The number of carbonyl (C=O) groups is 2. The average molecular weight is 306 g/mol. The van der Waals surface area contributed by atoms with Gasteiger partial charge in [-0.15, -0.1) is 0 Å². The van der Waals surface area contributed by atoms with Crippen LogP contribution in [-0.2, 0) is 9.59 Å². The van der Waals surface area contributed by atoms with Crippen LogP contribution < -0.4 is 10.6 Å². The predicted octanol–water partition coefficient (Wildman–Crippen LogP) is 1.76. The van der Waals surface area contributed by atoms with Crippen molar-refractivity contribution in [2.24, 2.45) is 0 Å². The molecular formula is C13H12ClN5O2. The molecule has 0 saturated heterocycles. The first-order valence-corrected chi connectivity index (χ1v) is 6.70. The summed E-state index contributed by atoms with van der Waals surface area (Å²) in [6, 6.07) is 6.13. The molecule has 0 saturated carbocycles. The number of amides is 2. The van der Waals surface area contributed by atoms with Crippen molar-refractivity contribution in [3.05, 3.63) is 35.1 Å². The second-order valence-electron chi connectivity index (χ2n) is 4.69. The number of carbonyl (C=O) groups excluding carboxylic acids is 2. The van der Waals surface area contributed by atoms with Crippen LogP contribution in [0.3, 0.4) is 0 Å². The Bertz CT molecular complexity index is 727. The van der Waals surface area contributed by atoms with Crippen molar-refractivity contribution in [3.8, 4) is 0 Å². The minimum absolute atomic E-state index is 0.0197. The van der Waals surface area contributed by atoms with Gasteiger partial charge in [0.2, 0.25) is 11.9 Å². The van der Waals surface area contributed by atoms with E-state index in [-0.39, 0.29) is 18.2 Å². The highest BCUT2D eigenvalue weighted by molar-refractivity contribution is 6.30. The molecular weight excluding hydrogens is 294 g/mol. The fourth-order valence-electron chi connectivity index (χ4n) is 2.17. The van der Waals surface area contributed by atoms with Crippen LogP contribution in [0.25, 0.3) is 0 Å². The Labute approximate surface area is 125 Å². The molecule has 1 aliphatic heterocycles. The quantitative estimate of drug-likeness (QED) is 0.904. The fraction of sp³-hybridized carbons (Fsp3) is 0.231. The highest BCUT2D eigenvalue weighted by Gasteiger charge is 2.34. The van der Waals surface area contributed by atoms with Crippen LogP contribution in [0.15, 0.2) is 24.3 Å². The van der Waals surface area contributed by atoms with E-state index < -0.39 is 6.04 Å². The van der Waals surface area contributed by atoms with Crippen molar-refractivity contribution < 1.29 is 9.59 Å². The van der Waals surface area contributed by atoms with E-state index in [4.69, 9.17) is 11.6 Å². The summed E-state index contributed by atoms with van der Waals surface area (Å²) in [5.41, 5.74) is 0.584. The largest absolute Gasteiger partial charge is 0.326 e. The molecule has 108 valence electrons. The number of nitrogens with one attached hydrogen (secondary N) is 2. The van der Waals surface area contributed by atoms with E-state index in [1.165, 1.54) is 4.68 Å². The van der Waals surface area contributed by atoms with Gasteiger partial charge >= 0.3 is 0 Å². The Balaban J connectivity index is 1.71. The lowest BCUT2D eigenvalue weighted by Crippen LogP contribution is -2.23. The molecule has 0 aliphatic carbocycles. The van der Waals surface area contributed by atoms with Gasteiger partial charge in [0.25, 0.3) is 5.91 Å². The van der Waals surface area contributed by atoms with Gasteiger partial charge in [-0.1, -0.05) is 17.7 Å². The first kappa shape index (κ1) is 13.6. The zero-order valence-electron chi connectivity index (χ0n) is 11.1. The Hall–Kier alpha value is -2.41. The van der Waals surface area contributed by atoms with Gasteiger partial charge in [0.1, 0.15) is 11.9 Å². The first-order valence-electron chi connectivity index (χ1n) is 6.32. The molecule has 1 aliphatic rings. The highest BCUT2D eigenvalue weighted by atomic mass is 35.5. The monoisotopic (exact) mass is 305 g/mol. The number of nitrogens with zero attached hydrogens (tertiary/aromatic N) is 3. The maximum atomic E-state index is 12.0. The van der Waals surface area contributed by atoms with Gasteiger partial charge in [0.05, 0.1) is 6.42 Å². The van der Waals surface area contributed by atoms with Crippen molar-refractivity contribution in [2.45, 2.75) is 19.4 Å². The first-order chi connectivity index (χ1) is 10.0. The van der Waals surface area contributed by atoms with Gasteiger partial charge in [-0.2, -0.15) is 10.1 Å². The molecule has 2 aromatic rings. The molecule has 2 heterocycles. The molecule has 21 heavy (non-hydrogen) atoms. The minimum atomic E-state index is -0.680. The van der Waals surface area contributed by atoms with E-state index in [1.54, 1.807) is 31.2 Å². The summed E-state index contributed by atoms with van der Waals surface area (Å²) in [5, 5.41) is 9.95. The Kier molecular flexibility index (Phi) is 3.34. The van der Waals surface area contributed by atoms with E-state index in [0.717, 1.165) is 0 Å². The van der Waals surface area contributed by atoms with Gasteiger partial charge in [0.15, 0.2) is 0 Å². The smallest absolute Gasteiger partial charge is 0.252 e. The summed E-state index contributed by atoms with van der Waals surface area (Å²) in [6.07, 6.45) is -0.0197. The number of aromatic nitrogens is 3. The lowest BCUT2D eigenvalue weighted by molar-refractivity contribution is -0.123. The third-order valence-corrected chi connectivity index (χ3v) is 3.29. The van der Waals surface area contributed by atoms with E-state index in [0.29, 0.717) is 22.5 Å². The van der Waals surface area contributed by atoms with Gasteiger partial charge in [-0.3, -0.25) is 14.9 Å². The van der Waals surface area contributed by atoms with Crippen molar-refractivity contribution in [3.63, 3.8) is 0 Å². The third-order valence-electron chi connectivity index (χ3n) is 3.06. The summed E-state index contributed by atoms with van der Waals surface area (Å²) in [4.78, 5) is 27.9. The third kappa shape index (κ3) is 2.73. The Morgan fingerprint density at radius 2 is 2.33 bits per heavy atom. The second kappa shape index (κ2) is 5.17. The molecule has 7 nitrogen and oxygen atoms in total. The molecule has 2 amide bonds. The number of anilines is 2. The molecule has 1 aromatic carbocycles. The highest BCUT2D eigenvalue weighted by Crippen LogP contribution is 2.25. The Morgan fingerprint density at radius 3 is 3.10 bits per heavy atom. The van der Waals surface area contributed by atoms with Crippen LogP contribution in [0.1, 0.15) is 18.3 Å². The lowest BCUT2D eigenvalue weighted by Gasteiger charge is -2.09. The molecule has 8 heteroatoms. The van der Waals surface area contributed by atoms with Crippen LogP contribution in [0.4, 0.5) is 11.6 Å². The summed E-state index contributed by atoms with van der Waals surface area (Å²) in [5.74, 6) is 0.341. The summed E-state index contributed by atoms with van der Waals surface area (Å²) < 4.78 is 1.44. The lowest BCUT2D eigenvalue weighted by atomic mass is 10.2. The van der Waals surface area contributed by atoms with Gasteiger partial charge in [0, 0.05) is 10.7 Å². The van der Waals surface area contributed by atoms with Crippen LogP contribution in [0.5, 0.6) is 0 Å². The van der Waals surface area contributed by atoms with E-state index in [1.807, 2.05) is 0 Å². The number of halogens is 1. The maximum absolute atomic E-state index is 12.0. The molecule has 1 aromatic heterocycles. The van der Waals surface area contributed by atoms with Gasteiger partial charge in [-0.25, -0.2) is 4.68 Å². The topological polar surface area (TPSA) is 88.9 Å². The van der Waals surface area contributed by atoms with E-state index >= 15 is 0 Å². The van der Waals surface area contributed by atoms with Crippen molar-refractivity contribution in [1.29, 1.82) is 0 Å². The standard InChI is InChI=1S/C13H12ClN5O2/c1-7-15-13-17-12(21)10(19(13)18-7)6-11(20)16-9-4-2-3-8(14)5-9/h2-5,10H,6H2,1H3,(H,16,20)(H,15,17,18,21)/t10-/m1/s1. The molecule has 2 N–H and O–H groups in total. The molecule has 0 unspecified atom stereocenters. The predicted molar refractivity (Wildman–Crippen MR) is 77.1 cm³/mol. The van der Waals surface area contributed by atoms with Crippen LogP contribution in [-0.4, -0.2) is 26.6 Å². The zero-order valence-corrected chi connectivity index (χ0v) is 11.9. The van der Waals surface area contributed by atoms with E-state index in [2.05, 4.69) is 20.7 Å². The SMILES string of the molecule is Cc1nc2n(n1)[C@H](CC(=O)Nc1cccc(Cl)c1)C(=O)N2. The molecule has 0 radical (unpaired) electrons. The molecule has 0 spiro atoms. The molecule has 0 bridgehead atoms. The number of rotatable bonds is 3. The zero-order chi connectivity index (χ0) is 15.0. The maximum Gasteiger partial charge on any atom is 0.252 e. The average Bonchev–Trinajstić information content (AvgIpc) is 2.87. The summed E-state index contributed by atoms with van der Waals surface area (Å²) >= 11 is 5.85. The van der Waals surface area contributed by atoms with E-state index in [9.17, 15) is 9.59 Å². The minimum Gasteiger partial charge on any atom is -0.326 e. The van der Waals surface area contributed by atoms with Crippen LogP contribution in [0.2, 0.25) is 5.02 Å². The van der Waals surface area contributed by atoms with Crippen molar-refractivity contribution in [1.82, 2.24) is 14.8 Å².